The summed E-state index contributed by atoms with van der Waals surface area (Å²) in [4.78, 5) is 12.9. The van der Waals surface area contributed by atoms with E-state index in [0.29, 0.717) is 41.5 Å². The molecule has 7 nitrogen and oxygen atoms in total. The van der Waals surface area contributed by atoms with Gasteiger partial charge < -0.3 is 14.8 Å². The molecule has 1 aliphatic rings. The summed E-state index contributed by atoms with van der Waals surface area (Å²) in [5.41, 5.74) is 1.45. The van der Waals surface area contributed by atoms with Crippen molar-refractivity contribution >= 4 is 15.9 Å². The van der Waals surface area contributed by atoms with Crippen LogP contribution in [0.5, 0.6) is 11.5 Å². The molecule has 1 N–H and O–H groups in total. The smallest absolute Gasteiger partial charge is 0.251 e. The van der Waals surface area contributed by atoms with Crippen LogP contribution in [0.1, 0.15) is 41.6 Å². The Morgan fingerprint density at radius 3 is 2.32 bits per heavy atom. The summed E-state index contributed by atoms with van der Waals surface area (Å²) in [6.45, 7) is 2.81. The molecule has 2 aromatic rings. The van der Waals surface area contributed by atoms with Gasteiger partial charge in [0.2, 0.25) is 10.0 Å². The van der Waals surface area contributed by atoms with Gasteiger partial charge in [-0.2, -0.15) is 4.31 Å². The molecule has 168 valence electrons. The predicted molar refractivity (Wildman–Crippen MR) is 119 cm³/mol. The molecule has 1 atom stereocenters. The second-order valence-corrected chi connectivity index (χ2v) is 9.61. The first-order valence-corrected chi connectivity index (χ1v) is 11.9. The van der Waals surface area contributed by atoms with E-state index in [4.69, 9.17) is 9.47 Å². The van der Waals surface area contributed by atoms with Gasteiger partial charge in [-0.15, -0.1) is 0 Å². The molecule has 0 bridgehead atoms. The maximum Gasteiger partial charge on any atom is 0.251 e. The van der Waals surface area contributed by atoms with Crippen LogP contribution in [0.25, 0.3) is 0 Å². The fourth-order valence-electron chi connectivity index (χ4n) is 3.82. The normalized spacial score (nSPS) is 17.2. The number of piperidine rings is 1. The molecular formula is C23H30N2O5S. The second-order valence-electron chi connectivity index (χ2n) is 7.72. The van der Waals surface area contributed by atoms with Crippen molar-refractivity contribution < 1.29 is 22.7 Å². The van der Waals surface area contributed by atoms with E-state index in [1.807, 2.05) is 19.1 Å². The second kappa shape index (κ2) is 10.2. The van der Waals surface area contributed by atoms with Crippen LogP contribution in [0, 0.1) is 6.92 Å². The van der Waals surface area contributed by atoms with Gasteiger partial charge in [0.15, 0.2) is 0 Å². The van der Waals surface area contributed by atoms with Crippen molar-refractivity contribution in [3.05, 3.63) is 53.6 Å². The molecule has 1 amide bonds. The highest BCUT2D eigenvalue weighted by molar-refractivity contribution is 7.89. The minimum absolute atomic E-state index is 0.139. The van der Waals surface area contributed by atoms with Gasteiger partial charge in [0, 0.05) is 30.8 Å². The molecule has 1 unspecified atom stereocenters. The van der Waals surface area contributed by atoms with Crippen LogP contribution in [-0.4, -0.2) is 52.0 Å². The lowest BCUT2D eigenvalue weighted by molar-refractivity contribution is 0.0948. The van der Waals surface area contributed by atoms with E-state index in [2.05, 4.69) is 5.32 Å². The van der Waals surface area contributed by atoms with Crippen LogP contribution in [0.3, 0.4) is 0 Å². The van der Waals surface area contributed by atoms with Crippen LogP contribution < -0.4 is 14.8 Å². The first kappa shape index (κ1) is 23.1. The Labute approximate surface area is 184 Å². The van der Waals surface area contributed by atoms with Crippen LogP contribution in [-0.2, 0) is 10.0 Å². The number of nitrogens with one attached hydrogen (secondary N) is 1. The number of benzene rings is 2. The topological polar surface area (TPSA) is 84.9 Å². The van der Waals surface area contributed by atoms with Crippen molar-refractivity contribution in [3.8, 4) is 11.5 Å². The van der Waals surface area contributed by atoms with Crippen molar-refractivity contribution in [2.24, 2.45) is 0 Å². The average molecular weight is 447 g/mol. The Kier molecular flexibility index (Phi) is 7.56. The molecule has 1 saturated heterocycles. The number of hydrogen-bond donors (Lipinski definition) is 1. The van der Waals surface area contributed by atoms with Crippen LogP contribution in [0.15, 0.2) is 47.4 Å². The third-order valence-corrected chi connectivity index (χ3v) is 7.54. The van der Waals surface area contributed by atoms with Gasteiger partial charge in [0.05, 0.1) is 19.1 Å². The first-order valence-electron chi connectivity index (χ1n) is 10.4. The molecular weight excluding hydrogens is 416 g/mol. The molecule has 0 aliphatic carbocycles. The SMILES string of the molecule is COc1cc(OC)cc(C(=O)NCCC2CCCCN2S(=O)(=O)c2ccc(C)cc2)c1. The minimum Gasteiger partial charge on any atom is -0.497 e. The van der Waals surface area contributed by atoms with E-state index < -0.39 is 10.0 Å². The Balaban J connectivity index is 1.66. The van der Waals surface area contributed by atoms with Crippen LogP contribution >= 0.6 is 0 Å². The van der Waals surface area contributed by atoms with Crippen molar-refractivity contribution in [1.82, 2.24) is 9.62 Å². The van der Waals surface area contributed by atoms with E-state index in [1.54, 1.807) is 34.6 Å². The van der Waals surface area contributed by atoms with E-state index in [-0.39, 0.29) is 11.9 Å². The summed E-state index contributed by atoms with van der Waals surface area (Å²) in [7, 11) is -0.501. The quantitative estimate of drug-likeness (QED) is 0.672. The predicted octanol–water partition coefficient (Wildman–Crippen LogP) is 3.38. The number of ether oxygens (including phenoxy) is 2. The first-order chi connectivity index (χ1) is 14.8. The fourth-order valence-corrected chi connectivity index (χ4v) is 5.54. The van der Waals surface area contributed by atoms with Gasteiger partial charge in [-0.3, -0.25) is 4.79 Å². The number of sulfonamides is 1. The zero-order valence-electron chi connectivity index (χ0n) is 18.3. The number of amides is 1. The van der Waals surface area contributed by atoms with E-state index in [9.17, 15) is 13.2 Å². The summed E-state index contributed by atoms with van der Waals surface area (Å²) in [5.74, 6) is 0.820. The molecule has 1 fully saturated rings. The molecule has 1 heterocycles. The lowest BCUT2D eigenvalue weighted by atomic mass is 10.0. The largest absolute Gasteiger partial charge is 0.497 e. The number of rotatable bonds is 8. The van der Waals surface area contributed by atoms with Crippen LogP contribution in [0.2, 0.25) is 0 Å². The molecule has 0 saturated carbocycles. The monoisotopic (exact) mass is 446 g/mol. The third kappa shape index (κ3) is 5.57. The molecule has 0 spiro atoms. The molecule has 31 heavy (non-hydrogen) atoms. The number of aryl methyl sites for hydroxylation is 1. The number of nitrogens with zero attached hydrogens (tertiary/aromatic N) is 1. The summed E-state index contributed by atoms with van der Waals surface area (Å²) in [6.07, 6.45) is 3.16. The zero-order valence-corrected chi connectivity index (χ0v) is 19.1. The van der Waals surface area contributed by atoms with E-state index in [1.165, 1.54) is 14.2 Å². The summed E-state index contributed by atoms with van der Waals surface area (Å²) >= 11 is 0. The molecule has 2 aromatic carbocycles. The maximum absolute atomic E-state index is 13.2. The van der Waals surface area contributed by atoms with Gasteiger partial charge in [0.1, 0.15) is 11.5 Å². The van der Waals surface area contributed by atoms with E-state index in [0.717, 1.165) is 24.8 Å². The molecule has 0 radical (unpaired) electrons. The average Bonchev–Trinajstić information content (AvgIpc) is 2.79. The van der Waals surface area contributed by atoms with Crippen molar-refractivity contribution in [1.29, 1.82) is 0 Å². The lowest BCUT2D eigenvalue weighted by Crippen LogP contribution is -2.45. The van der Waals surface area contributed by atoms with Gasteiger partial charge in [-0.25, -0.2) is 8.42 Å². The molecule has 3 rings (SSSR count). The summed E-state index contributed by atoms with van der Waals surface area (Å²) in [5, 5.41) is 2.90. The van der Waals surface area contributed by atoms with Gasteiger partial charge >= 0.3 is 0 Å². The standard InChI is InChI=1S/C23H30N2O5S/c1-17-7-9-22(10-8-17)31(27,28)25-13-5-4-6-19(25)11-12-24-23(26)18-14-20(29-2)16-21(15-18)30-3/h7-10,14-16,19H,4-6,11-13H2,1-3H3,(H,24,26). The highest BCUT2D eigenvalue weighted by atomic mass is 32.2. The number of methoxy groups -OCH3 is 2. The zero-order chi connectivity index (χ0) is 22.4. The number of carbonyl (C=O) groups excluding carboxylic acids is 1. The molecule has 0 aromatic heterocycles. The lowest BCUT2D eigenvalue weighted by Gasteiger charge is -2.34. The number of carbonyl (C=O) groups is 1. The van der Waals surface area contributed by atoms with Gasteiger partial charge in [-0.05, 0) is 50.5 Å². The van der Waals surface area contributed by atoms with E-state index >= 15 is 0 Å². The summed E-state index contributed by atoms with van der Waals surface area (Å²) in [6, 6.07) is 11.8. The maximum atomic E-state index is 13.2. The minimum atomic E-state index is -3.56. The highest BCUT2D eigenvalue weighted by Crippen LogP contribution is 2.27. The molecule has 1 aliphatic heterocycles. The summed E-state index contributed by atoms with van der Waals surface area (Å²) < 4.78 is 38.4. The Hall–Kier alpha value is -2.58. The fraction of sp³-hybridized carbons (Fsp3) is 0.435. The van der Waals surface area contributed by atoms with Crippen molar-refractivity contribution in [2.75, 3.05) is 27.3 Å². The Bertz CT molecular complexity index is 983. The van der Waals surface area contributed by atoms with Gasteiger partial charge in [0.25, 0.3) is 5.91 Å². The number of hydrogen-bond acceptors (Lipinski definition) is 5. The third-order valence-electron chi connectivity index (χ3n) is 5.58. The van der Waals surface area contributed by atoms with Crippen molar-refractivity contribution in [3.63, 3.8) is 0 Å². The van der Waals surface area contributed by atoms with Crippen LogP contribution in [0.4, 0.5) is 0 Å². The Morgan fingerprint density at radius 1 is 1.06 bits per heavy atom. The molecule has 8 heteroatoms. The van der Waals surface area contributed by atoms with Gasteiger partial charge in [-0.1, -0.05) is 24.1 Å². The highest BCUT2D eigenvalue weighted by Gasteiger charge is 2.33. The van der Waals surface area contributed by atoms with Crippen molar-refractivity contribution in [2.45, 2.75) is 43.5 Å². The Morgan fingerprint density at radius 2 is 1.71 bits per heavy atom.